The maximum atomic E-state index is 12.3. The monoisotopic (exact) mass is 295 g/mol. The van der Waals surface area contributed by atoms with Gasteiger partial charge < -0.3 is 10.6 Å². The van der Waals surface area contributed by atoms with Gasteiger partial charge in [-0.05, 0) is 25.2 Å². The number of hydrogen-bond donors (Lipinski definition) is 2. The lowest BCUT2D eigenvalue weighted by Crippen LogP contribution is -2.52. The normalized spacial score (nSPS) is 17.8. The summed E-state index contributed by atoms with van der Waals surface area (Å²) in [5.41, 5.74) is 6.12. The summed E-state index contributed by atoms with van der Waals surface area (Å²) < 4.78 is 24.5. The van der Waals surface area contributed by atoms with Crippen molar-refractivity contribution in [2.24, 2.45) is 0 Å². The van der Waals surface area contributed by atoms with Crippen LogP contribution >= 0.6 is 0 Å². The van der Waals surface area contributed by atoms with Gasteiger partial charge in [0.15, 0.2) is 0 Å². The largest absolute Gasteiger partial charge is 0.398 e. The van der Waals surface area contributed by atoms with E-state index in [2.05, 4.69) is 9.73 Å². The predicted octanol–water partition coefficient (Wildman–Crippen LogP) is -0.419. The number of nitrogens with one attached hydrogen (secondary N) is 1. The first-order chi connectivity index (χ1) is 9.42. The fraction of sp³-hybridized carbons (Fsp3) is 0.417. The lowest BCUT2D eigenvalue weighted by atomic mass is 10.2. The zero-order chi connectivity index (χ0) is 14.8. The van der Waals surface area contributed by atoms with E-state index in [-0.39, 0.29) is 10.6 Å². The van der Waals surface area contributed by atoms with Crippen LogP contribution in [0.4, 0.5) is 5.69 Å². The second-order valence-corrected chi connectivity index (χ2v) is 6.38. The second kappa shape index (κ2) is 5.76. The molecule has 0 spiro atoms. The highest BCUT2D eigenvalue weighted by Crippen LogP contribution is 2.19. The smallest absolute Gasteiger partial charge is 0.255 e. The number of nitriles is 1. The van der Waals surface area contributed by atoms with Crippen LogP contribution < -0.4 is 10.6 Å². The van der Waals surface area contributed by atoms with Gasteiger partial charge in [0.2, 0.25) is 0 Å². The van der Waals surface area contributed by atoms with Crippen LogP contribution in [0.2, 0.25) is 0 Å². The third kappa shape index (κ3) is 3.26. The van der Waals surface area contributed by atoms with Crippen LogP contribution in [0.3, 0.4) is 0 Å². The number of hydrogen-bond acceptors (Lipinski definition) is 6. The van der Waals surface area contributed by atoms with Crippen LogP contribution in [0.5, 0.6) is 0 Å². The Hall–Kier alpha value is -1.66. The number of likely N-dealkylation sites (N-methyl/N-ethyl adjacent to an activating group) is 1. The topological polar surface area (TPSA) is 102 Å². The molecule has 2 rings (SSSR count). The Morgan fingerprint density at radius 1 is 1.30 bits per heavy atom. The van der Waals surface area contributed by atoms with Crippen LogP contribution in [-0.2, 0) is 10.0 Å². The Kier molecular flexibility index (Phi) is 4.25. The Labute approximate surface area is 118 Å². The van der Waals surface area contributed by atoms with E-state index >= 15 is 0 Å². The van der Waals surface area contributed by atoms with Gasteiger partial charge in [-0.15, -0.1) is 4.83 Å². The third-order valence-electron chi connectivity index (χ3n) is 3.18. The molecule has 1 saturated heterocycles. The molecule has 1 aliphatic rings. The van der Waals surface area contributed by atoms with E-state index in [1.165, 1.54) is 18.2 Å². The van der Waals surface area contributed by atoms with Gasteiger partial charge in [-0.2, -0.15) is 5.26 Å². The number of benzene rings is 1. The average molecular weight is 295 g/mol. The second-order valence-electron chi connectivity index (χ2n) is 4.75. The first-order valence-corrected chi connectivity index (χ1v) is 7.66. The molecule has 108 valence electrons. The van der Waals surface area contributed by atoms with E-state index in [0.29, 0.717) is 18.7 Å². The van der Waals surface area contributed by atoms with E-state index in [1.807, 2.05) is 13.1 Å². The van der Waals surface area contributed by atoms with Gasteiger partial charge in [-0.3, -0.25) is 0 Å². The lowest BCUT2D eigenvalue weighted by Gasteiger charge is -2.32. The molecule has 1 aliphatic heterocycles. The Morgan fingerprint density at radius 2 is 1.95 bits per heavy atom. The first kappa shape index (κ1) is 14.7. The number of hydrazine groups is 1. The number of piperazine rings is 1. The molecule has 20 heavy (non-hydrogen) atoms. The van der Waals surface area contributed by atoms with E-state index < -0.39 is 10.0 Å². The van der Waals surface area contributed by atoms with Crippen molar-refractivity contribution < 1.29 is 8.42 Å². The van der Waals surface area contributed by atoms with Gasteiger partial charge in [0.1, 0.15) is 4.90 Å². The maximum absolute atomic E-state index is 12.3. The number of sulfonamides is 1. The van der Waals surface area contributed by atoms with E-state index in [0.717, 1.165) is 13.1 Å². The van der Waals surface area contributed by atoms with E-state index in [9.17, 15) is 8.42 Å². The fourth-order valence-corrected chi connectivity index (χ4v) is 3.22. The molecular weight excluding hydrogens is 278 g/mol. The van der Waals surface area contributed by atoms with Crippen molar-refractivity contribution in [2.45, 2.75) is 4.90 Å². The van der Waals surface area contributed by atoms with Crippen LogP contribution in [0.25, 0.3) is 0 Å². The van der Waals surface area contributed by atoms with Crippen molar-refractivity contribution >= 4 is 15.7 Å². The standard InChI is InChI=1S/C12H17N5O2S/c1-16-4-6-17(7-5-16)15-20(18,19)12-3-2-10(9-13)8-11(12)14/h2-3,8,15H,4-7,14H2,1H3. The summed E-state index contributed by atoms with van der Waals surface area (Å²) in [5, 5.41) is 10.4. The summed E-state index contributed by atoms with van der Waals surface area (Å²) in [7, 11) is -1.72. The summed E-state index contributed by atoms with van der Waals surface area (Å²) in [5.74, 6) is 0. The minimum Gasteiger partial charge on any atom is -0.398 e. The minimum absolute atomic E-state index is 0.00423. The quantitative estimate of drug-likeness (QED) is 0.734. The van der Waals surface area contributed by atoms with Gasteiger partial charge in [0.25, 0.3) is 10.0 Å². The highest BCUT2D eigenvalue weighted by Gasteiger charge is 2.23. The van der Waals surface area contributed by atoms with Gasteiger partial charge in [-0.1, -0.05) is 0 Å². The van der Waals surface area contributed by atoms with Crippen molar-refractivity contribution in [1.82, 2.24) is 14.7 Å². The average Bonchev–Trinajstić information content (AvgIpc) is 2.40. The Balaban J connectivity index is 2.16. The Bertz CT molecular complexity index is 630. The number of nitrogens with zero attached hydrogens (tertiary/aromatic N) is 3. The highest BCUT2D eigenvalue weighted by atomic mass is 32.2. The molecule has 0 radical (unpaired) electrons. The molecule has 1 aromatic rings. The van der Waals surface area contributed by atoms with Gasteiger partial charge in [0, 0.05) is 26.2 Å². The maximum Gasteiger partial charge on any atom is 0.255 e. The predicted molar refractivity (Wildman–Crippen MR) is 75.0 cm³/mol. The SMILES string of the molecule is CN1CCN(NS(=O)(=O)c2ccc(C#N)cc2N)CC1. The van der Waals surface area contributed by atoms with Crippen LogP contribution in [0, 0.1) is 11.3 Å². The van der Waals surface area contributed by atoms with Crippen LogP contribution in [-0.4, -0.2) is 51.6 Å². The molecule has 7 nitrogen and oxygen atoms in total. The Morgan fingerprint density at radius 3 is 2.50 bits per heavy atom. The van der Waals surface area contributed by atoms with Crippen molar-refractivity contribution in [1.29, 1.82) is 5.26 Å². The fourth-order valence-electron chi connectivity index (χ4n) is 1.98. The summed E-state index contributed by atoms with van der Waals surface area (Å²) in [6.07, 6.45) is 0. The molecule has 0 atom stereocenters. The van der Waals surface area contributed by atoms with E-state index in [4.69, 9.17) is 11.0 Å². The number of anilines is 1. The summed E-state index contributed by atoms with van der Waals surface area (Å²) in [6.45, 7) is 2.83. The minimum atomic E-state index is -3.71. The number of nitrogen functional groups attached to an aromatic ring is 1. The molecule has 0 saturated carbocycles. The molecule has 0 bridgehead atoms. The molecular formula is C12H17N5O2S. The number of nitrogens with two attached hydrogens (primary N) is 1. The molecule has 1 fully saturated rings. The van der Waals surface area contributed by atoms with E-state index in [1.54, 1.807) is 5.01 Å². The van der Waals surface area contributed by atoms with Crippen molar-refractivity contribution in [2.75, 3.05) is 39.0 Å². The molecule has 0 unspecified atom stereocenters. The molecule has 3 N–H and O–H groups in total. The third-order valence-corrected chi connectivity index (χ3v) is 4.63. The van der Waals surface area contributed by atoms with Crippen LogP contribution in [0.15, 0.2) is 23.1 Å². The summed E-state index contributed by atoms with van der Waals surface area (Å²) in [6, 6.07) is 6.07. The molecule has 0 aliphatic carbocycles. The first-order valence-electron chi connectivity index (χ1n) is 6.18. The van der Waals surface area contributed by atoms with Crippen molar-refractivity contribution in [3.05, 3.63) is 23.8 Å². The van der Waals surface area contributed by atoms with Crippen molar-refractivity contribution in [3.63, 3.8) is 0 Å². The summed E-state index contributed by atoms with van der Waals surface area (Å²) >= 11 is 0. The molecule has 1 aromatic carbocycles. The van der Waals surface area contributed by atoms with Gasteiger partial charge in [0.05, 0.1) is 17.3 Å². The van der Waals surface area contributed by atoms with Gasteiger partial charge in [-0.25, -0.2) is 13.4 Å². The molecule has 1 heterocycles. The zero-order valence-electron chi connectivity index (χ0n) is 11.2. The molecule has 8 heteroatoms. The lowest BCUT2D eigenvalue weighted by molar-refractivity contribution is 0.135. The van der Waals surface area contributed by atoms with Crippen molar-refractivity contribution in [3.8, 4) is 6.07 Å². The molecule has 0 amide bonds. The number of rotatable bonds is 3. The summed E-state index contributed by atoms with van der Waals surface area (Å²) in [4.78, 5) is 4.65. The highest BCUT2D eigenvalue weighted by molar-refractivity contribution is 7.89. The van der Waals surface area contributed by atoms with Crippen LogP contribution in [0.1, 0.15) is 5.56 Å². The van der Waals surface area contributed by atoms with Gasteiger partial charge >= 0.3 is 0 Å². The molecule has 0 aromatic heterocycles. The zero-order valence-corrected chi connectivity index (χ0v) is 12.0.